The first-order valence-electron chi connectivity index (χ1n) is 16.8. The number of halogens is 4. The molecular formula is C37H47F4NO. The smallest absolute Gasteiger partial charge is 0.400 e. The number of nitriles is 1. The van der Waals surface area contributed by atoms with Gasteiger partial charge in [0.2, 0.25) is 0 Å². The Balaban J connectivity index is 1.07. The third kappa shape index (κ3) is 7.95. The highest BCUT2D eigenvalue weighted by Gasteiger charge is 2.45. The second kappa shape index (κ2) is 14.5. The zero-order valence-corrected chi connectivity index (χ0v) is 25.6. The molecule has 0 aliphatic heterocycles. The number of unbranched alkanes of at least 4 members (excludes halogenated alkanes) is 2. The summed E-state index contributed by atoms with van der Waals surface area (Å²) in [7, 11) is 0. The Kier molecular flexibility index (Phi) is 10.7. The molecule has 0 saturated heterocycles. The van der Waals surface area contributed by atoms with Crippen LogP contribution in [0.2, 0.25) is 0 Å². The first kappa shape index (κ1) is 31.9. The van der Waals surface area contributed by atoms with Crippen LogP contribution in [-0.2, 0) is 0 Å². The van der Waals surface area contributed by atoms with Crippen molar-refractivity contribution in [1.29, 1.82) is 5.26 Å². The van der Waals surface area contributed by atoms with Crippen molar-refractivity contribution in [3.8, 4) is 22.9 Å². The Morgan fingerprint density at radius 2 is 1.33 bits per heavy atom. The first-order chi connectivity index (χ1) is 20.8. The largest absolute Gasteiger partial charge is 0.432 e. The minimum Gasteiger partial charge on any atom is -0.432 e. The molecule has 2 aromatic carbocycles. The molecule has 0 unspecified atom stereocenters. The van der Waals surface area contributed by atoms with Gasteiger partial charge >= 0.3 is 6.11 Å². The maximum absolute atomic E-state index is 15.2. The Morgan fingerprint density at radius 1 is 0.744 bits per heavy atom. The third-order valence-electron chi connectivity index (χ3n) is 11.1. The molecule has 3 saturated carbocycles. The van der Waals surface area contributed by atoms with E-state index in [4.69, 9.17) is 10.00 Å². The quantitative estimate of drug-likeness (QED) is 0.202. The van der Waals surface area contributed by atoms with E-state index in [9.17, 15) is 8.78 Å². The van der Waals surface area contributed by atoms with Crippen molar-refractivity contribution in [2.45, 2.75) is 116 Å². The Morgan fingerprint density at radius 3 is 1.86 bits per heavy atom. The van der Waals surface area contributed by atoms with Crippen LogP contribution in [0.4, 0.5) is 17.6 Å². The van der Waals surface area contributed by atoms with Gasteiger partial charge in [0.1, 0.15) is 23.5 Å². The van der Waals surface area contributed by atoms with Crippen LogP contribution >= 0.6 is 0 Å². The van der Waals surface area contributed by atoms with Gasteiger partial charge in [0.15, 0.2) is 0 Å². The van der Waals surface area contributed by atoms with Gasteiger partial charge in [0.25, 0.3) is 0 Å². The lowest BCUT2D eigenvalue weighted by Crippen LogP contribution is -2.38. The van der Waals surface area contributed by atoms with Gasteiger partial charge in [-0.3, -0.25) is 0 Å². The first-order valence-corrected chi connectivity index (χ1v) is 16.8. The van der Waals surface area contributed by atoms with Gasteiger partial charge in [-0.1, -0.05) is 51.5 Å². The van der Waals surface area contributed by atoms with E-state index in [2.05, 4.69) is 6.92 Å². The SMILES string of the molecule is CCCCCC1CCC(C2CCC(C3CCC(C(F)(F)Oc4ccc(-c5ccc(C#N)c(F)c5)c(F)c4)CC3)CC2)CC1. The molecule has 2 aromatic rings. The summed E-state index contributed by atoms with van der Waals surface area (Å²) in [5.41, 5.74) is 0.144. The van der Waals surface area contributed by atoms with Crippen molar-refractivity contribution >= 4 is 0 Å². The van der Waals surface area contributed by atoms with Crippen LogP contribution in [-0.4, -0.2) is 6.11 Å². The van der Waals surface area contributed by atoms with Crippen LogP contribution in [0.3, 0.4) is 0 Å². The lowest BCUT2D eigenvalue weighted by molar-refractivity contribution is -0.224. The maximum Gasteiger partial charge on any atom is 0.400 e. The van der Waals surface area contributed by atoms with Gasteiger partial charge in [-0.25, -0.2) is 8.78 Å². The fourth-order valence-corrected chi connectivity index (χ4v) is 8.45. The second-order valence-electron chi connectivity index (χ2n) is 13.7. The number of nitrogens with zero attached hydrogens (tertiary/aromatic N) is 1. The zero-order chi connectivity index (χ0) is 30.4. The summed E-state index contributed by atoms with van der Waals surface area (Å²) in [4.78, 5) is 0. The van der Waals surface area contributed by atoms with Gasteiger partial charge in [0, 0.05) is 11.6 Å². The Hall–Kier alpha value is -2.55. The maximum atomic E-state index is 15.2. The molecular weight excluding hydrogens is 550 g/mol. The van der Waals surface area contributed by atoms with E-state index in [0.717, 1.165) is 42.7 Å². The molecule has 43 heavy (non-hydrogen) atoms. The predicted molar refractivity (Wildman–Crippen MR) is 163 cm³/mol. The topological polar surface area (TPSA) is 33.0 Å². The molecule has 0 N–H and O–H groups in total. The minimum atomic E-state index is -3.38. The predicted octanol–water partition coefficient (Wildman–Crippen LogP) is 11.5. The number of benzene rings is 2. The molecule has 0 spiro atoms. The van der Waals surface area contributed by atoms with Crippen LogP contribution in [0, 0.1) is 58.5 Å². The normalized spacial score (nSPS) is 28.3. The standard InChI is InChI=1S/C37H47F4NO/c1-2-3-4-5-25-6-8-26(9-7-25)27-10-12-28(13-11-27)29-16-18-32(19-17-29)37(40,41)43-33-20-21-34(36(39)23-33)30-14-15-31(24-42)35(38)22-30/h14-15,20-23,25-29,32H,2-13,16-19H2,1H3. The summed E-state index contributed by atoms with van der Waals surface area (Å²) in [5, 5.41) is 8.90. The molecule has 3 aliphatic carbocycles. The van der Waals surface area contributed by atoms with Gasteiger partial charge in [-0.05, 0) is 124 Å². The molecule has 0 heterocycles. The van der Waals surface area contributed by atoms with Crippen LogP contribution in [0.15, 0.2) is 36.4 Å². The summed E-state index contributed by atoms with van der Waals surface area (Å²) in [5.74, 6) is 1.23. The van der Waals surface area contributed by atoms with E-state index in [1.54, 1.807) is 6.07 Å². The molecule has 0 amide bonds. The van der Waals surface area contributed by atoms with E-state index in [1.165, 1.54) is 101 Å². The third-order valence-corrected chi connectivity index (χ3v) is 11.1. The van der Waals surface area contributed by atoms with Gasteiger partial charge in [-0.15, -0.1) is 0 Å². The fraction of sp³-hybridized carbons (Fsp3) is 0.649. The number of rotatable bonds is 10. The summed E-state index contributed by atoms with van der Waals surface area (Å²) in [6.07, 6.45) is 15.3. The number of hydrogen-bond donors (Lipinski definition) is 0. The molecule has 2 nitrogen and oxygen atoms in total. The van der Waals surface area contributed by atoms with Gasteiger partial charge in [-0.2, -0.15) is 14.0 Å². The van der Waals surface area contributed by atoms with Crippen LogP contribution in [0.1, 0.15) is 115 Å². The van der Waals surface area contributed by atoms with Crippen molar-refractivity contribution in [2.75, 3.05) is 0 Å². The van der Waals surface area contributed by atoms with Crippen molar-refractivity contribution in [3.63, 3.8) is 0 Å². The van der Waals surface area contributed by atoms with E-state index in [1.807, 2.05) is 0 Å². The van der Waals surface area contributed by atoms with Crippen molar-refractivity contribution in [3.05, 3.63) is 53.6 Å². The van der Waals surface area contributed by atoms with Gasteiger partial charge < -0.3 is 4.74 Å². The highest BCUT2D eigenvalue weighted by atomic mass is 19.3. The molecule has 3 aliphatic rings. The van der Waals surface area contributed by atoms with E-state index in [0.29, 0.717) is 24.7 Å². The highest BCUT2D eigenvalue weighted by Crippen LogP contribution is 2.48. The Bertz CT molecular complexity index is 1230. The molecule has 5 rings (SSSR count). The summed E-state index contributed by atoms with van der Waals surface area (Å²) < 4.78 is 64.3. The van der Waals surface area contributed by atoms with Gasteiger partial charge in [0.05, 0.1) is 11.5 Å². The molecule has 0 radical (unpaired) electrons. The summed E-state index contributed by atoms with van der Waals surface area (Å²) in [6, 6.07) is 9.04. The summed E-state index contributed by atoms with van der Waals surface area (Å²) >= 11 is 0. The lowest BCUT2D eigenvalue weighted by Gasteiger charge is -2.42. The Labute approximate surface area is 255 Å². The summed E-state index contributed by atoms with van der Waals surface area (Å²) in [6.45, 7) is 2.28. The average molecular weight is 598 g/mol. The monoisotopic (exact) mass is 597 g/mol. The van der Waals surface area contributed by atoms with Crippen molar-refractivity contribution < 1.29 is 22.3 Å². The molecule has 3 fully saturated rings. The molecule has 6 heteroatoms. The number of ether oxygens (including phenoxy) is 1. The van der Waals surface area contributed by atoms with Crippen molar-refractivity contribution in [2.24, 2.45) is 35.5 Å². The minimum absolute atomic E-state index is 0.0596. The van der Waals surface area contributed by atoms with Crippen LogP contribution in [0.25, 0.3) is 11.1 Å². The van der Waals surface area contributed by atoms with Crippen LogP contribution in [0.5, 0.6) is 5.75 Å². The molecule has 0 aromatic heterocycles. The average Bonchev–Trinajstić information content (AvgIpc) is 3.01. The van der Waals surface area contributed by atoms with Crippen molar-refractivity contribution in [1.82, 2.24) is 0 Å². The van der Waals surface area contributed by atoms with E-state index < -0.39 is 23.7 Å². The van der Waals surface area contributed by atoms with Crippen LogP contribution < -0.4 is 4.74 Å². The highest BCUT2D eigenvalue weighted by molar-refractivity contribution is 5.66. The molecule has 234 valence electrons. The number of hydrogen-bond acceptors (Lipinski definition) is 2. The fourth-order valence-electron chi connectivity index (χ4n) is 8.45. The van der Waals surface area contributed by atoms with E-state index in [-0.39, 0.29) is 22.4 Å². The molecule has 0 bridgehead atoms. The second-order valence-corrected chi connectivity index (χ2v) is 13.7. The number of alkyl halides is 2. The lowest BCUT2D eigenvalue weighted by atomic mass is 9.65. The molecule has 0 atom stereocenters. The van der Waals surface area contributed by atoms with E-state index >= 15 is 8.78 Å². The zero-order valence-electron chi connectivity index (χ0n) is 25.6.